The molecule has 2 N–H and O–H groups in total. The van der Waals surface area contributed by atoms with Crippen molar-refractivity contribution in [2.45, 2.75) is 5.92 Å². The number of allylic oxidation sites excluding steroid dienone is 1. The second kappa shape index (κ2) is 7.25. The Labute approximate surface area is 157 Å². The van der Waals surface area contributed by atoms with Gasteiger partial charge in [-0.1, -0.05) is 24.3 Å². The number of carbonyl (C=O) groups excluding carboxylic acids is 2. The van der Waals surface area contributed by atoms with E-state index in [9.17, 15) is 9.59 Å². The van der Waals surface area contributed by atoms with Crippen LogP contribution in [0.15, 0.2) is 60.3 Å². The van der Waals surface area contributed by atoms with Gasteiger partial charge < -0.3 is 20.3 Å². The van der Waals surface area contributed by atoms with Gasteiger partial charge in [-0.25, -0.2) is 0 Å². The second-order valence-electron chi connectivity index (χ2n) is 6.52. The zero-order valence-electron chi connectivity index (χ0n) is 15.1. The molecule has 2 aromatic carbocycles. The summed E-state index contributed by atoms with van der Waals surface area (Å²) < 4.78 is 5.11. The molecule has 2 heterocycles. The number of methoxy groups -OCH3 is 1. The number of hydrogen-bond acceptors (Lipinski definition) is 5. The molecule has 2 aromatic rings. The summed E-state index contributed by atoms with van der Waals surface area (Å²) in [7, 11) is 1.58. The third-order valence-electron chi connectivity index (χ3n) is 4.95. The first-order chi connectivity index (χ1) is 13.2. The Morgan fingerprint density at radius 2 is 1.93 bits per heavy atom. The molecule has 0 saturated heterocycles. The molecule has 1 atom stereocenters. The Morgan fingerprint density at radius 3 is 2.70 bits per heavy atom. The van der Waals surface area contributed by atoms with Crippen LogP contribution in [0.5, 0.6) is 5.75 Å². The van der Waals surface area contributed by atoms with Crippen LogP contribution in [0.25, 0.3) is 0 Å². The minimum atomic E-state index is -0.611. The van der Waals surface area contributed by atoms with Gasteiger partial charge in [0.1, 0.15) is 5.75 Å². The van der Waals surface area contributed by atoms with Crippen molar-refractivity contribution < 1.29 is 14.3 Å². The van der Waals surface area contributed by atoms with E-state index in [1.807, 2.05) is 30.3 Å². The number of benzene rings is 2. The van der Waals surface area contributed by atoms with Gasteiger partial charge in [0.2, 0.25) is 5.78 Å². The maximum absolute atomic E-state index is 13.1. The molecule has 6 nitrogen and oxygen atoms in total. The van der Waals surface area contributed by atoms with E-state index in [1.54, 1.807) is 31.4 Å². The van der Waals surface area contributed by atoms with Gasteiger partial charge in [0.05, 0.1) is 13.0 Å². The van der Waals surface area contributed by atoms with Gasteiger partial charge in [-0.15, -0.1) is 0 Å². The van der Waals surface area contributed by atoms with Crippen LogP contribution < -0.4 is 20.3 Å². The largest absolute Gasteiger partial charge is 0.497 e. The molecular formula is C21H21N3O3. The first-order valence-electron chi connectivity index (χ1n) is 8.95. The maximum Gasteiger partial charge on any atom is 0.292 e. The number of anilines is 2. The molecule has 0 radical (unpaired) electrons. The fourth-order valence-electron chi connectivity index (χ4n) is 3.65. The maximum atomic E-state index is 13.1. The van der Waals surface area contributed by atoms with Crippen molar-refractivity contribution in [3.63, 3.8) is 0 Å². The molecule has 27 heavy (non-hydrogen) atoms. The van der Waals surface area contributed by atoms with E-state index in [-0.39, 0.29) is 0 Å². The average Bonchev–Trinajstić information content (AvgIpc) is 2.84. The molecule has 6 heteroatoms. The highest BCUT2D eigenvalue weighted by molar-refractivity contribution is 6.43. The molecule has 0 bridgehead atoms. The summed E-state index contributed by atoms with van der Waals surface area (Å²) in [6.45, 7) is 2.28. The molecule has 0 saturated carbocycles. The van der Waals surface area contributed by atoms with Crippen LogP contribution in [0.4, 0.5) is 11.4 Å². The van der Waals surface area contributed by atoms with E-state index in [0.717, 1.165) is 30.0 Å². The van der Waals surface area contributed by atoms with Crippen molar-refractivity contribution in [2.75, 3.05) is 37.0 Å². The number of nitrogens with zero attached hydrogens (tertiary/aromatic N) is 1. The molecule has 1 unspecified atom stereocenters. The molecule has 0 fully saturated rings. The summed E-state index contributed by atoms with van der Waals surface area (Å²) in [5.41, 5.74) is 3.34. The number of hydrogen-bond donors (Lipinski definition) is 2. The zero-order chi connectivity index (χ0) is 18.8. The molecule has 2 aliphatic heterocycles. The lowest BCUT2D eigenvalue weighted by molar-refractivity contribution is -0.135. The number of carbonyl (C=O) groups is 2. The highest BCUT2D eigenvalue weighted by Crippen LogP contribution is 2.44. The summed E-state index contributed by atoms with van der Waals surface area (Å²) in [6, 6.07) is 14.7. The van der Waals surface area contributed by atoms with Crippen LogP contribution in [-0.4, -0.2) is 38.4 Å². The van der Waals surface area contributed by atoms with E-state index in [2.05, 4.69) is 15.5 Å². The first kappa shape index (κ1) is 17.3. The standard InChI is InChI=1S/C21H21N3O3/c1-27-15-8-6-14(7-9-15)23-21(26)20(25)19-16-4-2-3-5-17(16)24-13-12-22-11-10-18(19)24/h2-10,19,22H,11-13H2,1H3,(H,23,26). The number of Topliss-reactive ketones (excluding diaryl/α,β-unsaturated/α-hetero) is 1. The lowest BCUT2D eigenvalue weighted by Crippen LogP contribution is -2.31. The predicted octanol–water partition coefficient (Wildman–Crippen LogP) is 2.29. The lowest BCUT2D eigenvalue weighted by Gasteiger charge is -2.20. The minimum absolute atomic E-state index is 0.450. The summed E-state index contributed by atoms with van der Waals surface area (Å²) in [5.74, 6) is -0.941. The van der Waals surface area contributed by atoms with E-state index < -0.39 is 17.6 Å². The highest BCUT2D eigenvalue weighted by Gasteiger charge is 2.40. The van der Waals surface area contributed by atoms with Gasteiger partial charge in [-0.3, -0.25) is 9.59 Å². The summed E-state index contributed by atoms with van der Waals surface area (Å²) in [5, 5.41) is 6.01. The lowest BCUT2D eigenvalue weighted by atomic mass is 9.93. The van der Waals surface area contributed by atoms with Crippen LogP contribution in [0.2, 0.25) is 0 Å². The number of nitrogens with one attached hydrogen (secondary N) is 2. The van der Waals surface area contributed by atoms with E-state index in [0.29, 0.717) is 18.0 Å². The highest BCUT2D eigenvalue weighted by atomic mass is 16.5. The molecule has 0 spiro atoms. The monoisotopic (exact) mass is 363 g/mol. The van der Waals surface area contributed by atoms with E-state index in [1.165, 1.54) is 0 Å². The van der Waals surface area contributed by atoms with Crippen molar-refractivity contribution in [1.82, 2.24) is 5.32 Å². The van der Waals surface area contributed by atoms with Crippen LogP contribution in [0.3, 0.4) is 0 Å². The molecule has 2 aliphatic rings. The van der Waals surface area contributed by atoms with E-state index >= 15 is 0 Å². The fraction of sp³-hybridized carbons (Fsp3) is 0.238. The SMILES string of the molecule is COc1ccc(NC(=O)C(=O)C2C3=CCNCCN3c3ccccc32)cc1. The van der Waals surface area contributed by atoms with Crippen LogP contribution in [-0.2, 0) is 9.59 Å². The number of amides is 1. The van der Waals surface area contributed by atoms with Crippen LogP contribution >= 0.6 is 0 Å². The normalized spacial score (nSPS) is 18.0. The predicted molar refractivity (Wildman–Crippen MR) is 104 cm³/mol. The van der Waals surface area contributed by atoms with Crippen molar-refractivity contribution in [3.8, 4) is 5.75 Å². The van der Waals surface area contributed by atoms with Gasteiger partial charge in [0.15, 0.2) is 0 Å². The van der Waals surface area contributed by atoms with Crippen molar-refractivity contribution in [3.05, 3.63) is 65.9 Å². The van der Waals surface area contributed by atoms with Gasteiger partial charge in [0, 0.05) is 36.7 Å². The average molecular weight is 363 g/mol. The molecule has 0 aromatic heterocycles. The molecule has 1 amide bonds. The summed E-state index contributed by atoms with van der Waals surface area (Å²) in [4.78, 5) is 27.9. The van der Waals surface area contributed by atoms with Gasteiger partial charge in [-0.05, 0) is 35.9 Å². The molecule has 0 aliphatic carbocycles. The van der Waals surface area contributed by atoms with Gasteiger partial charge in [0.25, 0.3) is 5.91 Å². The van der Waals surface area contributed by atoms with Gasteiger partial charge in [-0.2, -0.15) is 0 Å². The molecule has 4 rings (SSSR count). The Kier molecular flexibility index (Phi) is 4.64. The Morgan fingerprint density at radius 1 is 1.15 bits per heavy atom. The third-order valence-corrected chi connectivity index (χ3v) is 4.95. The number of ketones is 1. The summed E-state index contributed by atoms with van der Waals surface area (Å²) >= 11 is 0. The van der Waals surface area contributed by atoms with E-state index in [4.69, 9.17) is 4.74 Å². The molecular weight excluding hydrogens is 342 g/mol. The summed E-state index contributed by atoms with van der Waals surface area (Å²) in [6.07, 6.45) is 2.01. The number of rotatable bonds is 4. The smallest absolute Gasteiger partial charge is 0.292 e. The Balaban J connectivity index is 1.61. The van der Waals surface area contributed by atoms with Crippen LogP contribution in [0.1, 0.15) is 11.5 Å². The topological polar surface area (TPSA) is 70.7 Å². The Bertz CT molecular complexity index is 905. The number of fused-ring (bicyclic) bond motifs is 3. The fourth-order valence-corrected chi connectivity index (χ4v) is 3.65. The first-order valence-corrected chi connectivity index (χ1v) is 8.95. The van der Waals surface area contributed by atoms with Crippen molar-refractivity contribution in [1.29, 1.82) is 0 Å². The quantitative estimate of drug-likeness (QED) is 0.816. The van der Waals surface area contributed by atoms with Crippen molar-refractivity contribution >= 4 is 23.1 Å². The Hall–Kier alpha value is -3.12. The van der Waals surface area contributed by atoms with Gasteiger partial charge >= 0.3 is 0 Å². The molecule has 138 valence electrons. The van der Waals surface area contributed by atoms with Crippen molar-refractivity contribution in [2.24, 2.45) is 0 Å². The number of para-hydroxylation sites is 1. The van der Waals surface area contributed by atoms with Crippen LogP contribution in [0, 0.1) is 0 Å². The second-order valence-corrected chi connectivity index (χ2v) is 6.52. The zero-order valence-corrected chi connectivity index (χ0v) is 15.1. The minimum Gasteiger partial charge on any atom is -0.497 e. The third kappa shape index (κ3) is 3.19. The number of ether oxygens (including phenoxy) is 1.